The first-order valence-corrected chi connectivity index (χ1v) is 7.83. The van der Waals surface area contributed by atoms with E-state index in [-0.39, 0.29) is 24.9 Å². The molecular formula is C17H23NO6. The normalized spacial score (nSPS) is 17.2. The zero-order valence-corrected chi connectivity index (χ0v) is 14.0. The molecule has 1 aromatic carbocycles. The Morgan fingerprint density at radius 3 is 2.42 bits per heavy atom. The zero-order chi connectivity index (χ0) is 17.5. The molecule has 0 spiro atoms. The standard InChI is InChI=1S/C17H23NO6/c1-22-14-6-12(7-15(8-14)23-2)9-18(10-16(19)20)17(21)13-4-3-5-24-11-13/h6-8,13H,3-5,9-11H2,1-2H3,(H,19,20). The average Bonchev–Trinajstić information content (AvgIpc) is 2.60. The molecule has 1 heterocycles. The van der Waals surface area contributed by atoms with E-state index in [9.17, 15) is 9.59 Å². The number of carbonyl (C=O) groups excluding carboxylic acids is 1. The van der Waals surface area contributed by atoms with E-state index in [1.807, 2.05) is 0 Å². The van der Waals surface area contributed by atoms with Crippen LogP contribution in [0.3, 0.4) is 0 Å². The van der Waals surface area contributed by atoms with Crippen LogP contribution in [0.15, 0.2) is 18.2 Å². The van der Waals surface area contributed by atoms with E-state index in [1.54, 1.807) is 18.2 Å². The maximum atomic E-state index is 12.7. The van der Waals surface area contributed by atoms with Crippen LogP contribution in [0.4, 0.5) is 0 Å². The number of benzene rings is 1. The summed E-state index contributed by atoms with van der Waals surface area (Å²) in [7, 11) is 3.08. The van der Waals surface area contributed by atoms with E-state index in [1.165, 1.54) is 19.1 Å². The molecule has 2 rings (SSSR count). The molecule has 0 bridgehead atoms. The van der Waals surface area contributed by atoms with Gasteiger partial charge in [0.2, 0.25) is 5.91 Å². The number of carboxylic acids is 1. The predicted octanol–water partition coefficient (Wildman–Crippen LogP) is 1.54. The molecule has 1 amide bonds. The molecule has 1 aliphatic heterocycles. The summed E-state index contributed by atoms with van der Waals surface area (Å²) >= 11 is 0. The van der Waals surface area contributed by atoms with Crippen molar-refractivity contribution in [3.05, 3.63) is 23.8 Å². The minimum Gasteiger partial charge on any atom is -0.497 e. The Hall–Kier alpha value is -2.28. The van der Waals surface area contributed by atoms with Crippen molar-refractivity contribution in [2.75, 3.05) is 34.0 Å². The molecule has 1 N–H and O–H groups in total. The Kier molecular flexibility index (Phi) is 6.43. The number of hydrogen-bond donors (Lipinski definition) is 1. The molecule has 1 aliphatic rings. The first-order chi connectivity index (χ1) is 11.5. The van der Waals surface area contributed by atoms with Gasteiger partial charge in [-0.05, 0) is 30.5 Å². The number of methoxy groups -OCH3 is 2. The summed E-state index contributed by atoms with van der Waals surface area (Å²) in [6.45, 7) is 0.816. The van der Waals surface area contributed by atoms with Gasteiger partial charge >= 0.3 is 5.97 Å². The topological polar surface area (TPSA) is 85.3 Å². The molecule has 132 valence electrons. The Bertz CT molecular complexity index is 560. The van der Waals surface area contributed by atoms with Crippen molar-refractivity contribution in [1.29, 1.82) is 0 Å². The fourth-order valence-corrected chi connectivity index (χ4v) is 2.75. The van der Waals surface area contributed by atoms with E-state index in [2.05, 4.69) is 0 Å². The number of hydrogen-bond acceptors (Lipinski definition) is 5. The molecule has 1 fully saturated rings. The van der Waals surface area contributed by atoms with Crippen molar-refractivity contribution in [1.82, 2.24) is 4.90 Å². The van der Waals surface area contributed by atoms with E-state index in [0.717, 1.165) is 18.4 Å². The number of rotatable bonds is 7. The van der Waals surface area contributed by atoms with Crippen molar-refractivity contribution < 1.29 is 28.9 Å². The van der Waals surface area contributed by atoms with Gasteiger partial charge in [0, 0.05) is 19.2 Å². The van der Waals surface area contributed by atoms with Gasteiger partial charge in [0.05, 0.1) is 26.7 Å². The van der Waals surface area contributed by atoms with E-state index < -0.39 is 5.97 Å². The summed E-state index contributed by atoms with van der Waals surface area (Å²) in [6.07, 6.45) is 1.53. The van der Waals surface area contributed by atoms with E-state index in [4.69, 9.17) is 19.3 Å². The highest BCUT2D eigenvalue weighted by molar-refractivity contribution is 5.83. The average molecular weight is 337 g/mol. The zero-order valence-electron chi connectivity index (χ0n) is 14.0. The van der Waals surface area contributed by atoms with Crippen LogP contribution in [0.1, 0.15) is 18.4 Å². The number of carbonyl (C=O) groups is 2. The highest BCUT2D eigenvalue weighted by Gasteiger charge is 2.28. The predicted molar refractivity (Wildman–Crippen MR) is 86.1 cm³/mol. The lowest BCUT2D eigenvalue weighted by Crippen LogP contribution is -2.41. The Balaban J connectivity index is 2.18. The molecule has 0 aromatic heterocycles. The maximum Gasteiger partial charge on any atom is 0.323 e. The molecular weight excluding hydrogens is 314 g/mol. The lowest BCUT2D eigenvalue weighted by atomic mass is 10.00. The quantitative estimate of drug-likeness (QED) is 0.812. The van der Waals surface area contributed by atoms with Gasteiger partial charge in [-0.1, -0.05) is 0 Å². The molecule has 0 aliphatic carbocycles. The molecule has 1 aromatic rings. The number of amides is 1. The molecule has 7 heteroatoms. The second kappa shape index (κ2) is 8.54. The van der Waals surface area contributed by atoms with Gasteiger partial charge in [0.15, 0.2) is 0 Å². The van der Waals surface area contributed by atoms with Gasteiger partial charge in [-0.15, -0.1) is 0 Å². The van der Waals surface area contributed by atoms with Gasteiger partial charge in [0.1, 0.15) is 18.0 Å². The minimum atomic E-state index is -1.05. The summed E-state index contributed by atoms with van der Waals surface area (Å²) in [5.41, 5.74) is 0.748. The van der Waals surface area contributed by atoms with Gasteiger partial charge < -0.3 is 24.2 Å². The molecule has 0 saturated carbocycles. The van der Waals surface area contributed by atoms with Crippen molar-refractivity contribution in [2.45, 2.75) is 19.4 Å². The van der Waals surface area contributed by atoms with Crippen LogP contribution in [0.25, 0.3) is 0 Å². The lowest BCUT2D eigenvalue weighted by molar-refractivity contribution is -0.149. The maximum absolute atomic E-state index is 12.7. The van der Waals surface area contributed by atoms with E-state index in [0.29, 0.717) is 24.7 Å². The highest BCUT2D eigenvalue weighted by atomic mass is 16.5. The third-order valence-corrected chi connectivity index (χ3v) is 3.93. The summed E-state index contributed by atoms with van der Waals surface area (Å²) in [5.74, 6) is -0.347. The number of carboxylic acid groups (broad SMARTS) is 1. The molecule has 24 heavy (non-hydrogen) atoms. The van der Waals surface area contributed by atoms with Crippen LogP contribution >= 0.6 is 0 Å². The third-order valence-electron chi connectivity index (χ3n) is 3.93. The van der Waals surface area contributed by atoms with Crippen LogP contribution in [-0.2, 0) is 20.9 Å². The Morgan fingerprint density at radius 2 is 1.92 bits per heavy atom. The fraction of sp³-hybridized carbons (Fsp3) is 0.529. The first-order valence-electron chi connectivity index (χ1n) is 7.83. The molecule has 0 radical (unpaired) electrons. The van der Waals surface area contributed by atoms with Crippen molar-refractivity contribution in [3.8, 4) is 11.5 Å². The largest absolute Gasteiger partial charge is 0.497 e. The molecule has 1 saturated heterocycles. The van der Waals surface area contributed by atoms with Crippen LogP contribution in [-0.4, -0.2) is 55.9 Å². The van der Waals surface area contributed by atoms with Gasteiger partial charge in [-0.3, -0.25) is 9.59 Å². The monoisotopic (exact) mass is 337 g/mol. The Labute approximate surface area is 141 Å². The number of ether oxygens (including phenoxy) is 3. The van der Waals surface area contributed by atoms with Crippen molar-refractivity contribution in [3.63, 3.8) is 0 Å². The second-order valence-electron chi connectivity index (χ2n) is 5.72. The number of aliphatic carboxylic acids is 1. The SMILES string of the molecule is COc1cc(CN(CC(=O)O)C(=O)C2CCCOC2)cc(OC)c1. The van der Waals surface area contributed by atoms with Crippen LogP contribution in [0, 0.1) is 5.92 Å². The van der Waals surface area contributed by atoms with Crippen molar-refractivity contribution >= 4 is 11.9 Å². The molecule has 1 unspecified atom stereocenters. The fourth-order valence-electron chi connectivity index (χ4n) is 2.75. The smallest absolute Gasteiger partial charge is 0.323 e. The van der Waals surface area contributed by atoms with Gasteiger partial charge in [-0.2, -0.15) is 0 Å². The van der Waals surface area contributed by atoms with Crippen LogP contribution < -0.4 is 9.47 Å². The van der Waals surface area contributed by atoms with Gasteiger partial charge in [0.25, 0.3) is 0 Å². The summed E-state index contributed by atoms with van der Waals surface area (Å²) < 4.78 is 15.8. The lowest BCUT2D eigenvalue weighted by Gasteiger charge is -2.28. The van der Waals surface area contributed by atoms with Crippen LogP contribution in [0.5, 0.6) is 11.5 Å². The summed E-state index contributed by atoms with van der Waals surface area (Å²) in [6, 6.07) is 5.26. The summed E-state index contributed by atoms with van der Waals surface area (Å²) in [5, 5.41) is 9.14. The highest BCUT2D eigenvalue weighted by Crippen LogP contribution is 2.24. The third kappa shape index (κ3) is 4.86. The minimum absolute atomic E-state index is 0.176. The second-order valence-corrected chi connectivity index (χ2v) is 5.72. The van der Waals surface area contributed by atoms with Crippen LogP contribution in [0.2, 0.25) is 0 Å². The Morgan fingerprint density at radius 1 is 1.25 bits per heavy atom. The summed E-state index contributed by atoms with van der Waals surface area (Å²) in [4.78, 5) is 25.2. The first kappa shape index (κ1) is 18.1. The molecule has 1 atom stereocenters. The van der Waals surface area contributed by atoms with E-state index >= 15 is 0 Å². The number of nitrogens with zero attached hydrogens (tertiary/aromatic N) is 1. The molecule has 7 nitrogen and oxygen atoms in total. The van der Waals surface area contributed by atoms with Gasteiger partial charge in [-0.25, -0.2) is 0 Å². The van der Waals surface area contributed by atoms with Crippen molar-refractivity contribution in [2.24, 2.45) is 5.92 Å².